The summed E-state index contributed by atoms with van der Waals surface area (Å²) in [6.07, 6.45) is 0.977. The Morgan fingerprint density at radius 2 is 1.33 bits per heavy atom. The molecule has 0 aliphatic carbocycles. The van der Waals surface area contributed by atoms with Crippen molar-refractivity contribution < 1.29 is 4.74 Å². The number of aryl methyl sites for hydroxylation is 1. The Morgan fingerprint density at radius 3 is 1.94 bits per heavy atom. The largest absolute Gasteiger partial charge is 0.478 e. The molecule has 0 spiro atoms. The molecule has 36 heavy (non-hydrogen) atoms. The fourth-order valence-corrected chi connectivity index (χ4v) is 4.92. The molecule has 0 radical (unpaired) electrons. The molecule has 184 valence electrons. The van der Waals surface area contributed by atoms with E-state index in [4.69, 9.17) is 4.74 Å². The van der Waals surface area contributed by atoms with Gasteiger partial charge in [0.2, 0.25) is 5.88 Å². The molecule has 5 nitrogen and oxygen atoms in total. The highest BCUT2D eigenvalue weighted by molar-refractivity contribution is 5.55. The van der Waals surface area contributed by atoms with Gasteiger partial charge in [-0.25, -0.2) is 4.98 Å². The van der Waals surface area contributed by atoms with Crippen LogP contribution in [0.2, 0.25) is 0 Å². The normalized spacial score (nSPS) is 14.7. The number of rotatable bonds is 9. The number of nitrogens with zero attached hydrogens (tertiary/aromatic N) is 4. The van der Waals surface area contributed by atoms with Gasteiger partial charge in [-0.05, 0) is 24.5 Å². The summed E-state index contributed by atoms with van der Waals surface area (Å²) in [5.74, 6) is 1.37. The monoisotopic (exact) mass is 478 g/mol. The first-order chi connectivity index (χ1) is 17.8. The molecule has 5 heteroatoms. The van der Waals surface area contributed by atoms with E-state index in [1.807, 2.05) is 43.3 Å². The summed E-state index contributed by atoms with van der Waals surface area (Å²) in [4.78, 5) is 14.4. The molecule has 0 N–H and O–H groups in total. The van der Waals surface area contributed by atoms with E-state index in [2.05, 4.69) is 80.4 Å². The second kappa shape index (κ2) is 11.9. The number of ether oxygens (including phenoxy) is 1. The third-order valence-corrected chi connectivity index (χ3v) is 6.73. The van der Waals surface area contributed by atoms with Crippen molar-refractivity contribution in [2.75, 3.05) is 39.3 Å². The predicted octanol–water partition coefficient (Wildman–Crippen LogP) is 5.63. The van der Waals surface area contributed by atoms with Gasteiger partial charge in [-0.3, -0.25) is 4.90 Å². The van der Waals surface area contributed by atoms with Crippen LogP contribution in [0.1, 0.15) is 29.3 Å². The van der Waals surface area contributed by atoms with Crippen LogP contribution in [0.15, 0.2) is 97.1 Å². The number of aromatic nitrogens is 2. The van der Waals surface area contributed by atoms with Gasteiger partial charge in [0.25, 0.3) is 0 Å². The lowest BCUT2D eigenvalue weighted by atomic mass is 9.96. The lowest BCUT2D eigenvalue weighted by molar-refractivity contribution is 0.105. The predicted molar refractivity (Wildman–Crippen MR) is 145 cm³/mol. The van der Waals surface area contributed by atoms with Gasteiger partial charge in [0.15, 0.2) is 5.82 Å². The van der Waals surface area contributed by atoms with Crippen LogP contribution in [0.5, 0.6) is 5.88 Å². The van der Waals surface area contributed by atoms with E-state index in [-0.39, 0.29) is 0 Å². The molecule has 3 aromatic carbocycles. The first-order valence-electron chi connectivity index (χ1n) is 12.9. The Kier molecular flexibility index (Phi) is 8.01. The van der Waals surface area contributed by atoms with Crippen molar-refractivity contribution in [1.82, 2.24) is 19.8 Å². The Morgan fingerprint density at radius 1 is 0.750 bits per heavy atom. The molecule has 1 aliphatic heterocycles. The maximum absolute atomic E-state index is 6.03. The van der Waals surface area contributed by atoms with E-state index >= 15 is 0 Å². The molecule has 1 fully saturated rings. The molecular formula is C31H34N4O. The third kappa shape index (κ3) is 6.17. The van der Waals surface area contributed by atoms with Crippen LogP contribution in [0.25, 0.3) is 11.4 Å². The topological polar surface area (TPSA) is 41.5 Å². The van der Waals surface area contributed by atoms with Crippen LogP contribution in [0.3, 0.4) is 0 Å². The molecular weight excluding hydrogens is 444 g/mol. The van der Waals surface area contributed by atoms with Crippen molar-refractivity contribution in [3.8, 4) is 17.3 Å². The highest BCUT2D eigenvalue weighted by atomic mass is 16.5. The van der Waals surface area contributed by atoms with Gasteiger partial charge in [0.1, 0.15) is 0 Å². The van der Waals surface area contributed by atoms with Crippen molar-refractivity contribution in [3.05, 3.63) is 114 Å². The van der Waals surface area contributed by atoms with Gasteiger partial charge in [0, 0.05) is 50.0 Å². The SMILES string of the molecule is Cc1cc(OCCCN2CCN(C(c3ccccc3)c3ccccc3)CC2)nc(-c2ccccc2)n1. The second-order valence-corrected chi connectivity index (χ2v) is 9.34. The van der Waals surface area contributed by atoms with E-state index < -0.39 is 0 Å². The van der Waals surface area contributed by atoms with Crippen molar-refractivity contribution in [2.24, 2.45) is 0 Å². The summed E-state index contributed by atoms with van der Waals surface area (Å²) in [5, 5.41) is 0. The molecule has 0 saturated carbocycles. The zero-order chi connectivity index (χ0) is 24.6. The Hall–Kier alpha value is -3.54. The highest BCUT2D eigenvalue weighted by Crippen LogP contribution is 2.29. The molecule has 1 aromatic heterocycles. The van der Waals surface area contributed by atoms with Gasteiger partial charge >= 0.3 is 0 Å². The van der Waals surface area contributed by atoms with Gasteiger partial charge in [-0.1, -0.05) is 91.0 Å². The molecule has 4 aromatic rings. The zero-order valence-electron chi connectivity index (χ0n) is 21.0. The van der Waals surface area contributed by atoms with Crippen molar-refractivity contribution in [2.45, 2.75) is 19.4 Å². The molecule has 5 rings (SSSR count). The fourth-order valence-electron chi connectivity index (χ4n) is 4.92. The molecule has 1 aliphatic rings. The summed E-state index contributed by atoms with van der Waals surface area (Å²) in [5.41, 5.74) is 4.65. The summed E-state index contributed by atoms with van der Waals surface area (Å²) in [6, 6.07) is 34.0. The number of benzene rings is 3. The van der Waals surface area contributed by atoms with Crippen LogP contribution in [-0.4, -0.2) is 59.1 Å². The first-order valence-corrected chi connectivity index (χ1v) is 12.9. The quantitative estimate of drug-likeness (QED) is 0.292. The number of piperazine rings is 1. The lowest BCUT2D eigenvalue weighted by Crippen LogP contribution is -2.48. The molecule has 0 bridgehead atoms. The standard InChI is InChI=1S/C31H34N4O/c1-25-24-29(33-31(32-25)28-16-9-4-10-17-28)36-23-11-18-34-19-21-35(22-20-34)30(26-12-5-2-6-13-26)27-14-7-3-8-15-27/h2-10,12-17,24,30H,11,18-23H2,1H3. The lowest BCUT2D eigenvalue weighted by Gasteiger charge is -2.39. The van der Waals surface area contributed by atoms with Crippen LogP contribution >= 0.6 is 0 Å². The minimum Gasteiger partial charge on any atom is -0.478 e. The molecule has 0 unspecified atom stereocenters. The van der Waals surface area contributed by atoms with Gasteiger partial charge in [0.05, 0.1) is 12.6 Å². The van der Waals surface area contributed by atoms with E-state index in [0.29, 0.717) is 24.4 Å². The average molecular weight is 479 g/mol. The van der Waals surface area contributed by atoms with E-state index in [9.17, 15) is 0 Å². The minimum atomic E-state index is 0.303. The summed E-state index contributed by atoms with van der Waals surface area (Å²) >= 11 is 0. The summed E-state index contributed by atoms with van der Waals surface area (Å²) in [6.45, 7) is 7.93. The minimum absolute atomic E-state index is 0.303. The number of hydrogen-bond acceptors (Lipinski definition) is 5. The molecule has 0 atom stereocenters. The van der Waals surface area contributed by atoms with Crippen molar-refractivity contribution >= 4 is 0 Å². The van der Waals surface area contributed by atoms with Crippen molar-refractivity contribution in [3.63, 3.8) is 0 Å². The van der Waals surface area contributed by atoms with Crippen LogP contribution in [-0.2, 0) is 0 Å². The Bertz CT molecular complexity index is 1170. The fraction of sp³-hybridized carbons (Fsp3) is 0.290. The third-order valence-electron chi connectivity index (χ3n) is 6.73. The van der Waals surface area contributed by atoms with Crippen LogP contribution < -0.4 is 4.74 Å². The second-order valence-electron chi connectivity index (χ2n) is 9.34. The molecule has 0 amide bonds. The highest BCUT2D eigenvalue weighted by Gasteiger charge is 2.26. The van der Waals surface area contributed by atoms with E-state index in [1.165, 1.54) is 11.1 Å². The average Bonchev–Trinajstić information content (AvgIpc) is 2.93. The van der Waals surface area contributed by atoms with E-state index in [0.717, 1.165) is 50.4 Å². The van der Waals surface area contributed by atoms with Gasteiger partial charge in [-0.15, -0.1) is 0 Å². The zero-order valence-corrected chi connectivity index (χ0v) is 21.0. The van der Waals surface area contributed by atoms with Gasteiger partial charge < -0.3 is 9.64 Å². The Balaban J connectivity index is 1.13. The van der Waals surface area contributed by atoms with Crippen LogP contribution in [0.4, 0.5) is 0 Å². The molecule has 2 heterocycles. The van der Waals surface area contributed by atoms with Crippen LogP contribution in [0, 0.1) is 6.92 Å². The summed E-state index contributed by atoms with van der Waals surface area (Å²) < 4.78 is 6.03. The number of hydrogen-bond donors (Lipinski definition) is 0. The first kappa shape index (κ1) is 24.2. The Labute approximate surface area is 214 Å². The van der Waals surface area contributed by atoms with Crippen molar-refractivity contribution in [1.29, 1.82) is 0 Å². The van der Waals surface area contributed by atoms with Gasteiger partial charge in [-0.2, -0.15) is 4.98 Å². The smallest absolute Gasteiger partial charge is 0.217 e. The molecule has 1 saturated heterocycles. The summed E-state index contributed by atoms with van der Waals surface area (Å²) in [7, 11) is 0. The maximum Gasteiger partial charge on any atom is 0.217 e. The maximum atomic E-state index is 6.03. The van der Waals surface area contributed by atoms with E-state index in [1.54, 1.807) is 0 Å².